The predicted octanol–water partition coefficient (Wildman–Crippen LogP) is 3.15. The third kappa shape index (κ3) is 8.79. The number of hydrogen-bond donors (Lipinski definition) is 2. The molecule has 1 aliphatic heterocycles. The summed E-state index contributed by atoms with van der Waals surface area (Å²) in [6.07, 6.45) is 2.16. The van der Waals surface area contributed by atoms with E-state index in [1.165, 1.54) is 5.56 Å². The van der Waals surface area contributed by atoms with Gasteiger partial charge in [-0.15, -0.1) is 24.0 Å². The Balaban J connectivity index is 0.00000364. The molecule has 2 atom stereocenters. The van der Waals surface area contributed by atoms with Gasteiger partial charge in [0.05, 0.1) is 13.2 Å². The maximum absolute atomic E-state index is 5.49. The normalized spacial score (nSPS) is 17.9. The van der Waals surface area contributed by atoms with Crippen LogP contribution in [0.25, 0.3) is 0 Å². The Morgan fingerprint density at radius 1 is 1.15 bits per heavy atom. The Morgan fingerprint density at radius 3 is 2.41 bits per heavy atom. The lowest BCUT2D eigenvalue weighted by molar-refractivity contribution is 0.00751. The van der Waals surface area contributed by atoms with Crippen LogP contribution < -0.4 is 10.6 Å². The van der Waals surface area contributed by atoms with Crippen molar-refractivity contribution < 1.29 is 4.74 Å². The van der Waals surface area contributed by atoms with E-state index in [0.717, 1.165) is 51.6 Å². The number of aryl methyl sites for hydroxylation is 1. The van der Waals surface area contributed by atoms with Crippen molar-refractivity contribution in [3.63, 3.8) is 0 Å². The van der Waals surface area contributed by atoms with E-state index < -0.39 is 0 Å². The van der Waals surface area contributed by atoms with E-state index in [1.807, 2.05) is 7.05 Å². The third-order valence-electron chi connectivity index (χ3n) is 5.08. The molecule has 1 heterocycles. The molecule has 1 aromatic rings. The van der Waals surface area contributed by atoms with Crippen LogP contribution in [0.15, 0.2) is 35.3 Å². The Morgan fingerprint density at radius 2 is 1.81 bits per heavy atom. The summed E-state index contributed by atoms with van der Waals surface area (Å²) in [6, 6.07) is 11.5. The fourth-order valence-electron chi connectivity index (χ4n) is 3.42. The van der Waals surface area contributed by atoms with Gasteiger partial charge in [0, 0.05) is 38.8 Å². The van der Waals surface area contributed by atoms with Crippen molar-refractivity contribution in [3.05, 3.63) is 35.9 Å². The number of rotatable bonds is 8. The van der Waals surface area contributed by atoms with Crippen LogP contribution in [0.2, 0.25) is 0 Å². The average Bonchev–Trinajstić information content (AvgIpc) is 2.67. The lowest BCUT2D eigenvalue weighted by Gasteiger charge is -2.37. The molecule has 1 aliphatic rings. The Bertz CT molecular complexity index is 532. The van der Waals surface area contributed by atoms with Gasteiger partial charge >= 0.3 is 0 Å². The van der Waals surface area contributed by atoms with Gasteiger partial charge in [0.15, 0.2) is 5.96 Å². The van der Waals surface area contributed by atoms with E-state index in [1.54, 1.807) is 0 Å². The van der Waals surface area contributed by atoms with Gasteiger partial charge in [-0.05, 0) is 31.2 Å². The summed E-state index contributed by atoms with van der Waals surface area (Å²) in [6.45, 7) is 11.4. The standard InChI is InChI=1S/C21H36N4O.HI/c1-17(2)20(25-12-14-26-15-13-25)16-23-21(22-4)24-18(3)10-11-19-8-6-5-7-9-19;/h5-9,17-18,20H,10-16H2,1-4H3,(H2,22,23,24);1H. The monoisotopic (exact) mass is 488 g/mol. The van der Waals surface area contributed by atoms with Gasteiger partial charge in [0.1, 0.15) is 0 Å². The number of benzene rings is 1. The minimum absolute atomic E-state index is 0. The van der Waals surface area contributed by atoms with Crippen molar-refractivity contribution in [3.8, 4) is 0 Å². The van der Waals surface area contributed by atoms with E-state index in [9.17, 15) is 0 Å². The molecule has 2 N–H and O–H groups in total. The highest BCUT2D eigenvalue weighted by Gasteiger charge is 2.24. The highest BCUT2D eigenvalue weighted by molar-refractivity contribution is 14.0. The molecule has 2 rings (SSSR count). The van der Waals surface area contributed by atoms with Crippen molar-refractivity contribution in [2.45, 2.75) is 45.7 Å². The number of halogens is 1. The van der Waals surface area contributed by atoms with E-state index in [0.29, 0.717) is 18.0 Å². The Hall–Kier alpha value is -0.860. The fourth-order valence-corrected chi connectivity index (χ4v) is 3.42. The number of nitrogens with one attached hydrogen (secondary N) is 2. The van der Waals surface area contributed by atoms with E-state index >= 15 is 0 Å². The number of hydrogen-bond acceptors (Lipinski definition) is 3. The molecule has 6 heteroatoms. The van der Waals surface area contributed by atoms with Crippen LogP contribution >= 0.6 is 24.0 Å². The van der Waals surface area contributed by atoms with Gasteiger partial charge in [0.2, 0.25) is 0 Å². The van der Waals surface area contributed by atoms with Crippen LogP contribution in [0, 0.1) is 5.92 Å². The molecule has 0 saturated carbocycles. The van der Waals surface area contributed by atoms with Gasteiger partial charge in [-0.3, -0.25) is 9.89 Å². The van der Waals surface area contributed by atoms with Crippen molar-refractivity contribution in [2.75, 3.05) is 39.9 Å². The Labute approximate surface area is 182 Å². The lowest BCUT2D eigenvalue weighted by atomic mass is 10.0. The first-order valence-corrected chi connectivity index (χ1v) is 9.93. The van der Waals surface area contributed by atoms with E-state index in [4.69, 9.17) is 4.74 Å². The summed E-state index contributed by atoms with van der Waals surface area (Å²) in [5, 5.41) is 7.06. The zero-order valence-electron chi connectivity index (χ0n) is 17.3. The van der Waals surface area contributed by atoms with Gasteiger partial charge in [-0.1, -0.05) is 44.2 Å². The molecule has 1 saturated heterocycles. The molecule has 2 unspecified atom stereocenters. The van der Waals surface area contributed by atoms with Gasteiger partial charge in [-0.25, -0.2) is 0 Å². The molecule has 154 valence electrons. The van der Waals surface area contributed by atoms with Crippen LogP contribution in [0.1, 0.15) is 32.8 Å². The first kappa shape index (κ1) is 24.2. The minimum atomic E-state index is 0. The van der Waals surface area contributed by atoms with Crippen molar-refractivity contribution in [2.24, 2.45) is 10.9 Å². The van der Waals surface area contributed by atoms with E-state index in [2.05, 4.69) is 71.6 Å². The summed E-state index contributed by atoms with van der Waals surface area (Å²) in [4.78, 5) is 6.95. The van der Waals surface area contributed by atoms with Crippen LogP contribution in [0.5, 0.6) is 0 Å². The lowest BCUT2D eigenvalue weighted by Crippen LogP contribution is -2.53. The first-order chi connectivity index (χ1) is 12.6. The SMILES string of the molecule is CN=C(NCC(C(C)C)N1CCOCC1)NC(C)CCc1ccccc1.I. The molecule has 27 heavy (non-hydrogen) atoms. The molecular weight excluding hydrogens is 451 g/mol. The number of guanidine groups is 1. The zero-order valence-corrected chi connectivity index (χ0v) is 19.6. The molecule has 0 radical (unpaired) electrons. The maximum atomic E-state index is 5.49. The summed E-state index contributed by atoms with van der Waals surface area (Å²) in [7, 11) is 1.85. The van der Waals surface area contributed by atoms with Crippen LogP contribution in [0.4, 0.5) is 0 Å². The largest absolute Gasteiger partial charge is 0.379 e. The third-order valence-corrected chi connectivity index (χ3v) is 5.08. The molecule has 5 nitrogen and oxygen atoms in total. The minimum Gasteiger partial charge on any atom is -0.379 e. The topological polar surface area (TPSA) is 48.9 Å². The van der Waals surface area contributed by atoms with Crippen molar-refractivity contribution in [1.29, 1.82) is 0 Å². The smallest absolute Gasteiger partial charge is 0.191 e. The molecule has 0 aromatic heterocycles. The quantitative estimate of drug-likeness (QED) is 0.336. The number of nitrogens with zero attached hydrogens (tertiary/aromatic N) is 2. The summed E-state index contributed by atoms with van der Waals surface area (Å²) in [5.74, 6) is 1.48. The van der Waals surface area contributed by atoms with Gasteiger partial charge in [0.25, 0.3) is 0 Å². The molecule has 1 aromatic carbocycles. The zero-order chi connectivity index (χ0) is 18.8. The number of morpholine rings is 1. The molecule has 0 bridgehead atoms. The van der Waals surface area contributed by atoms with Crippen molar-refractivity contribution in [1.82, 2.24) is 15.5 Å². The average molecular weight is 488 g/mol. The van der Waals surface area contributed by atoms with Gasteiger partial charge < -0.3 is 15.4 Å². The van der Waals surface area contributed by atoms with Crippen LogP contribution in [-0.4, -0.2) is 62.8 Å². The maximum Gasteiger partial charge on any atom is 0.191 e. The van der Waals surface area contributed by atoms with Crippen LogP contribution in [-0.2, 0) is 11.2 Å². The number of aliphatic imine (C=N–C) groups is 1. The highest BCUT2D eigenvalue weighted by atomic mass is 127. The number of ether oxygens (including phenoxy) is 1. The summed E-state index contributed by atoms with van der Waals surface area (Å²) < 4.78 is 5.49. The highest BCUT2D eigenvalue weighted by Crippen LogP contribution is 2.12. The van der Waals surface area contributed by atoms with Crippen molar-refractivity contribution >= 4 is 29.9 Å². The first-order valence-electron chi connectivity index (χ1n) is 9.93. The van der Waals surface area contributed by atoms with Gasteiger partial charge in [-0.2, -0.15) is 0 Å². The molecule has 1 fully saturated rings. The molecular formula is C21H37IN4O. The van der Waals surface area contributed by atoms with Crippen LogP contribution in [0.3, 0.4) is 0 Å². The molecule has 0 amide bonds. The van der Waals surface area contributed by atoms with E-state index in [-0.39, 0.29) is 24.0 Å². The molecule has 0 aliphatic carbocycles. The summed E-state index contributed by atoms with van der Waals surface area (Å²) >= 11 is 0. The Kier molecular flexibility index (Phi) is 11.9. The molecule has 0 spiro atoms. The second-order valence-corrected chi connectivity index (χ2v) is 7.48. The second-order valence-electron chi connectivity index (χ2n) is 7.48. The second kappa shape index (κ2) is 13.3. The summed E-state index contributed by atoms with van der Waals surface area (Å²) in [5.41, 5.74) is 1.39. The fraction of sp³-hybridized carbons (Fsp3) is 0.667. The predicted molar refractivity (Wildman–Crippen MR) is 125 cm³/mol.